The number of methoxy groups -OCH3 is 2. The maximum Gasteiger partial charge on any atom is 0.160 e. The molecule has 0 amide bonds. The third-order valence-electron chi connectivity index (χ3n) is 4.98. The third-order valence-corrected chi connectivity index (χ3v) is 4.98. The average molecular weight is 351 g/mol. The van der Waals surface area contributed by atoms with E-state index in [0.717, 1.165) is 43.1 Å². The molecule has 1 fully saturated rings. The fraction of sp³-hybridized carbons (Fsp3) is 0.429. The molecule has 0 radical (unpaired) electrons. The van der Waals surface area contributed by atoms with E-state index in [1.54, 1.807) is 20.3 Å². The molecule has 0 spiro atoms. The standard InChI is InChI=1S/C21H25N3O2/c1-25-19-12-10-16(14-20(19)26-2)9-11-18-7-3-4-13-24(18)21-8-5-6-17(15-22)23-21/h5-6,8,10,12,14,18H,3-4,7,9,11,13H2,1-2H3. The molecule has 1 unspecified atom stereocenters. The van der Waals surface area contributed by atoms with Gasteiger partial charge in [-0.3, -0.25) is 0 Å². The lowest BCUT2D eigenvalue weighted by Gasteiger charge is -2.37. The van der Waals surface area contributed by atoms with E-state index >= 15 is 0 Å². The highest BCUT2D eigenvalue weighted by molar-refractivity contribution is 5.44. The summed E-state index contributed by atoms with van der Waals surface area (Å²) in [6, 6.07) is 14.4. The van der Waals surface area contributed by atoms with Crippen LogP contribution in [-0.4, -0.2) is 31.8 Å². The van der Waals surface area contributed by atoms with E-state index < -0.39 is 0 Å². The molecular formula is C21H25N3O2. The quantitative estimate of drug-likeness (QED) is 0.788. The largest absolute Gasteiger partial charge is 0.493 e. The molecule has 1 aromatic carbocycles. The fourth-order valence-electron chi connectivity index (χ4n) is 3.62. The van der Waals surface area contributed by atoms with Crippen LogP contribution in [-0.2, 0) is 6.42 Å². The number of benzene rings is 1. The highest BCUT2D eigenvalue weighted by Crippen LogP contribution is 2.30. The van der Waals surface area contributed by atoms with Gasteiger partial charge in [0.05, 0.1) is 14.2 Å². The first-order chi connectivity index (χ1) is 12.7. The molecule has 5 heteroatoms. The van der Waals surface area contributed by atoms with Crippen molar-refractivity contribution in [1.29, 1.82) is 5.26 Å². The van der Waals surface area contributed by atoms with Crippen molar-refractivity contribution < 1.29 is 9.47 Å². The monoisotopic (exact) mass is 351 g/mol. The van der Waals surface area contributed by atoms with Gasteiger partial charge in [-0.1, -0.05) is 12.1 Å². The number of aryl methyl sites for hydroxylation is 1. The number of piperidine rings is 1. The summed E-state index contributed by atoms with van der Waals surface area (Å²) in [5.74, 6) is 2.45. The summed E-state index contributed by atoms with van der Waals surface area (Å²) < 4.78 is 10.7. The normalized spacial score (nSPS) is 16.8. The van der Waals surface area contributed by atoms with E-state index in [2.05, 4.69) is 28.1 Å². The van der Waals surface area contributed by atoms with Gasteiger partial charge in [-0.15, -0.1) is 0 Å². The number of nitriles is 1. The number of rotatable bonds is 6. The predicted octanol–water partition coefficient (Wildman–Crippen LogP) is 3.96. The Bertz CT molecular complexity index is 785. The first-order valence-electron chi connectivity index (χ1n) is 9.10. The van der Waals surface area contributed by atoms with Crippen molar-refractivity contribution in [1.82, 2.24) is 4.98 Å². The van der Waals surface area contributed by atoms with Gasteiger partial charge in [-0.05, 0) is 61.9 Å². The minimum absolute atomic E-state index is 0.443. The Morgan fingerprint density at radius 3 is 2.77 bits per heavy atom. The van der Waals surface area contributed by atoms with Gasteiger partial charge >= 0.3 is 0 Å². The second kappa shape index (κ2) is 8.57. The van der Waals surface area contributed by atoms with Crippen molar-refractivity contribution in [3.8, 4) is 17.6 Å². The molecule has 1 atom stereocenters. The summed E-state index contributed by atoms with van der Waals surface area (Å²) in [6.07, 6.45) is 5.59. The van der Waals surface area contributed by atoms with Gasteiger partial charge in [0.1, 0.15) is 17.6 Å². The molecule has 0 bridgehead atoms. The average Bonchev–Trinajstić information content (AvgIpc) is 2.72. The Morgan fingerprint density at radius 2 is 2.00 bits per heavy atom. The summed E-state index contributed by atoms with van der Waals surface area (Å²) >= 11 is 0. The number of anilines is 1. The smallest absolute Gasteiger partial charge is 0.160 e. The Hall–Kier alpha value is -2.74. The van der Waals surface area contributed by atoms with Crippen LogP contribution in [0.3, 0.4) is 0 Å². The maximum absolute atomic E-state index is 9.12. The van der Waals surface area contributed by atoms with E-state index in [1.165, 1.54) is 18.4 Å². The topological polar surface area (TPSA) is 58.4 Å². The van der Waals surface area contributed by atoms with E-state index in [0.29, 0.717) is 11.7 Å². The molecule has 0 N–H and O–H groups in total. The SMILES string of the molecule is COc1ccc(CCC2CCCCN2c2cccc(C#N)n2)cc1OC. The molecule has 1 aliphatic heterocycles. The van der Waals surface area contributed by atoms with Crippen LogP contribution < -0.4 is 14.4 Å². The Balaban J connectivity index is 1.72. The summed E-state index contributed by atoms with van der Waals surface area (Å²) in [6.45, 7) is 0.998. The first kappa shape index (κ1) is 18.1. The molecule has 5 nitrogen and oxygen atoms in total. The van der Waals surface area contributed by atoms with Gasteiger partial charge in [-0.2, -0.15) is 5.26 Å². The van der Waals surface area contributed by atoms with Gasteiger partial charge in [0, 0.05) is 12.6 Å². The molecule has 0 aliphatic carbocycles. The summed E-state index contributed by atoms with van der Waals surface area (Å²) in [5, 5.41) is 9.12. The Morgan fingerprint density at radius 1 is 1.15 bits per heavy atom. The number of nitrogens with zero attached hydrogens (tertiary/aromatic N) is 3. The lowest BCUT2D eigenvalue weighted by atomic mass is 9.95. The first-order valence-corrected chi connectivity index (χ1v) is 9.10. The summed E-state index contributed by atoms with van der Waals surface area (Å²) in [4.78, 5) is 6.86. The van der Waals surface area contributed by atoms with Crippen LogP contribution >= 0.6 is 0 Å². The molecule has 1 aliphatic rings. The lowest BCUT2D eigenvalue weighted by molar-refractivity contribution is 0.354. The van der Waals surface area contributed by atoms with Crippen LogP contribution in [0, 0.1) is 11.3 Å². The zero-order valence-electron chi connectivity index (χ0n) is 15.4. The Labute approximate surface area is 155 Å². The number of hydrogen-bond donors (Lipinski definition) is 0. The number of aromatic nitrogens is 1. The van der Waals surface area contributed by atoms with Crippen molar-refractivity contribution in [2.24, 2.45) is 0 Å². The van der Waals surface area contributed by atoms with Crippen molar-refractivity contribution in [3.05, 3.63) is 47.7 Å². The third kappa shape index (κ3) is 4.08. The molecular weight excluding hydrogens is 326 g/mol. The van der Waals surface area contributed by atoms with E-state index in [1.807, 2.05) is 18.2 Å². The molecule has 0 saturated carbocycles. The maximum atomic E-state index is 9.12. The highest BCUT2D eigenvalue weighted by atomic mass is 16.5. The van der Waals surface area contributed by atoms with Crippen LogP contribution in [0.15, 0.2) is 36.4 Å². The van der Waals surface area contributed by atoms with Crippen LogP contribution in [0.1, 0.15) is 36.9 Å². The Kier molecular flexibility index (Phi) is 5.96. The molecule has 3 rings (SSSR count). The summed E-state index contributed by atoms with van der Waals surface area (Å²) in [5.41, 5.74) is 1.72. The van der Waals surface area contributed by atoms with Crippen molar-refractivity contribution in [2.75, 3.05) is 25.7 Å². The predicted molar refractivity (Wildman–Crippen MR) is 102 cm³/mol. The van der Waals surface area contributed by atoms with Gasteiger partial charge < -0.3 is 14.4 Å². The minimum atomic E-state index is 0.443. The molecule has 136 valence electrons. The van der Waals surface area contributed by atoms with Gasteiger partial charge in [0.2, 0.25) is 0 Å². The molecule has 2 heterocycles. The van der Waals surface area contributed by atoms with Crippen LogP contribution in [0.2, 0.25) is 0 Å². The zero-order chi connectivity index (χ0) is 18.4. The van der Waals surface area contributed by atoms with E-state index in [-0.39, 0.29) is 0 Å². The van der Waals surface area contributed by atoms with Crippen LogP contribution in [0.25, 0.3) is 0 Å². The van der Waals surface area contributed by atoms with Gasteiger partial charge in [0.15, 0.2) is 11.5 Å². The second-order valence-corrected chi connectivity index (χ2v) is 6.56. The molecule has 26 heavy (non-hydrogen) atoms. The summed E-state index contributed by atoms with van der Waals surface area (Å²) in [7, 11) is 3.32. The molecule has 1 aromatic heterocycles. The van der Waals surface area contributed by atoms with Crippen molar-refractivity contribution in [3.63, 3.8) is 0 Å². The van der Waals surface area contributed by atoms with E-state index in [4.69, 9.17) is 14.7 Å². The molecule has 1 saturated heterocycles. The second-order valence-electron chi connectivity index (χ2n) is 6.56. The van der Waals surface area contributed by atoms with Crippen LogP contribution in [0.4, 0.5) is 5.82 Å². The van der Waals surface area contributed by atoms with Crippen molar-refractivity contribution >= 4 is 5.82 Å². The number of ether oxygens (including phenoxy) is 2. The highest BCUT2D eigenvalue weighted by Gasteiger charge is 2.23. The van der Waals surface area contributed by atoms with Gasteiger partial charge in [-0.25, -0.2) is 4.98 Å². The minimum Gasteiger partial charge on any atom is -0.493 e. The fourth-order valence-corrected chi connectivity index (χ4v) is 3.62. The number of hydrogen-bond acceptors (Lipinski definition) is 5. The molecule has 2 aromatic rings. The lowest BCUT2D eigenvalue weighted by Crippen LogP contribution is -2.40. The number of pyridine rings is 1. The zero-order valence-corrected chi connectivity index (χ0v) is 15.4. The van der Waals surface area contributed by atoms with E-state index in [9.17, 15) is 0 Å². The van der Waals surface area contributed by atoms with Crippen LogP contribution in [0.5, 0.6) is 11.5 Å². The van der Waals surface area contributed by atoms with Gasteiger partial charge in [0.25, 0.3) is 0 Å². The van der Waals surface area contributed by atoms with Crippen molar-refractivity contribution in [2.45, 2.75) is 38.1 Å².